The van der Waals surface area contributed by atoms with Crippen molar-refractivity contribution in [3.63, 3.8) is 0 Å². The van der Waals surface area contributed by atoms with Crippen LogP contribution in [-0.4, -0.2) is 62.1 Å². The molecule has 0 bridgehead atoms. The molecule has 2 aliphatic heterocycles. The molecule has 1 aromatic rings. The summed E-state index contributed by atoms with van der Waals surface area (Å²) < 4.78 is 0. The average molecular weight is 542 g/mol. The molecule has 0 radical (unpaired) electrons. The highest BCUT2D eigenvalue weighted by Crippen LogP contribution is 2.17. The maximum Gasteiger partial charge on any atom is 0.191 e. The van der Waals surface area contributed by atoms with Gasteiger partial charge in [0.1, 0.15) is 0 Å². The van der Waals surface area contributed by atoms with E-state index in [0.29, 0.717) is 5.92 Å². The Labute approximate surface area is 207 Å². The largest absolute Gasteiger partial charge is 0.356 e. The number of hydrogen-bond donors (Lipinski definition) is 2. The lowest BCUT2D eigenvalue weighted by atomic mass is 9.97. The quantitative estimate of drug-likeness (QED) is 0.292. The molecule has 3 rings (SSSR count). The van der Waals surface area contributed by atoms with Crippen molar-refractivity contribution < 1.29 is 0 Å². The molecule has 2 fully saturated rings. The zero-order chi connectivity index (χ0) is 21.2. The minimum absolute atomic E-state index is 0. The van der Waals surface area contributed by atoms with E-state index in [9.17, 15) is 0 Å². The van der Waals surface area contributed by atoms with Gasteiger partial charge in [-0.2, -0.15) is 0 Å². The lowest BCUT2D eigenvalue weighted by molar-refractivity contribution is 0.159. The summed E-state index contributed by atoms with van der Waals surface area (Å²) in [6.45, 7) is 13.7. The molecule has 2 saturated heterocycles. The minimum atomic E-state index is 0. The van der Waals surface area contributed by atoms with Crippen molar-refractivity contribution in [1.82, 2.24) is 20.4 Å². The first-order chi connectivity index (χ1) is 14.6. The Hall–Kier alpha value is -0.860. The number of halogens is 1. The van der Waals surface area contributed by atoms with Gasteiger partial charge in [-0.1, -0.05) is 44.5 Å². The third kappa shape index (κ3) is 9.66. The molecule has 176 valence electrons. The normalized spacial score (nSPS) is 21.0. The van der Waals surface area contributed by atoms with Crippen LogP contribution in [0.4, 0.5) is 0 Å². The van der Waals surface area contributed by atoms with E-state index in [1.54, 1.807) is 0 Å². The summed E-state index contributed by atoms with van der Waals surface area (Å²) in [4.78, 5) is 9.63. The highest BCUT2D eigenvalue weighted by Gasteiger charge is 2.20. The second-order valence-electron chi connectivity index (χ2n) is 9.62. The second-order valence-corrected chi connectivity index (χ2v) is 9.62. The monoisotopic (exact) mass is 541 g/mol. The third-order valence-corrected chi connectivity index (χ3v) is 6.35. The Morgan fingerprint density at radius 2 is 1.65 bits per heavy atom. The molecular weight excluding hydrogens is 497 g/mol. The summed E-state index contributed by atoms with van der Waals surface area (Å²) in [5.41, 5.74) is 2.73. The van der Waals surface area contributed by atoms with Gasteiger partial charge in [-0.05, 0) is 68.3 Å². The fourth-order valence-corrected chi connectivity index (χ4v) is 4.79. The first kappa shape index (κ1) is 26.4. The van der Waals surface area contributed by atoms with Crippen LogP contribution in [0.25, 0.3) is 0 Å². The van der Waals surface area contributed by atoms with Gasteiger partial charge in [0.15, 0.2) is 5.96 Å². The van der Waals surface area contributed by atoms with Gasteiger partial charge in [-0.15, -0.1) is 24.0 Å². The molecule has 0 aliphatic carbocycles. The number of rotatable bonds is 8. The SMILES string of the molecule is CN=C(NCc1ccc(CN2CCCCC2)cc1)NCC1CCCN(CC(C)C)C1.I. The number of aliphatic imine (C=N–C) groups is 1. The maximum absolute atomic E-state index is 4.42. The van der Waals surface area contributed by atoms with Gasteiger partial charge in [0, 0.05) is 39.8 Å². The first-order valence-corrected chi connectivity index (χ1v) is 12.1. The van der Waals surface area contributed by atoms with Gasteiger partial charge in [-0.3, -0.25) is 9.89 Å². The summed E-state index contributed by atoms with van der Waals surface area (Å²) in [7, 11) is 1.86. The van der Waals surface area contributed by atoms with Gasteiger partial charge >= 0.3 is 0 Å². The molecule has 6 heteroatoms. The predicted molar refractivity (Wildman–Crippen MR) is 143 cm³/mol. The van der Waals surface area contributed by atoms with Crippen molar-refractivity contribution in [1.29, 1.82) is 0 Å². The van der Waals surface area contributed by atoms with E-state index in [4.69, 9.17) is 0 Å². The van der Waals surface area contributed by atoms with Crippen LogP contribution in [0.3, 0.4) is 0 Å². The third-order valence-electron chi connectivity index (χ3n) is 6.35. The van der Waals surface area contributed by atoms with Crippen LogP contribution in [0.15, 0.2) is 29.3 Å². The minimum Gasteiger partial charge on any atom is -0.356 e. The standard InChI is InChI=1S/C25H43N5.HI/c1-21(2)18-30-15-7-8-24(20-30)17-28-25(26-3)27-16-22-9-11-23(12-10-22)19-29-13-5-4-6-14-29;/h9-12,21,24H,4-8,13-20H2,1-3H3,(H2,26,27,28);1H. The number of nitrogens with zero attached hydrogens (tertiary/aromatic N) is 3. The van der Waals surface area contributed by atoms with Crippen LogP contribution < -0.4 is 10.6 Å². The number of guanidine groups is 1. The Morgan fingerprint density at radius 1 is 0.968 bits per heavy atom. The lowest BCUT2D eigenvalue weighted by Crippen LogP contribution is -2.44. The first-order valence-electron chi connectivity index (χ1n) is 12.1. The van der Waals surface area contributed by atoms with Gasteiger partial charge in [0.2, 0.25) is 0 Å². The van der Waals surface area contributed by atoms with E-state index >= 15 is 0 Å². The number of hydrogen-bond acceptors (Lipinski definition) is 3. The number of nitrogens with one attached hydrogen (secondary N) is 2. The Morgan fingerprint density at radius 3 is 2.32 bits per heavy atom. The van der Waals surface area contributed by atoms with E-state index in [1.165, 1.54) is 76.0 Å². The zero-order valence-corrected chi connectivity index (χ0v) is 22.2. The van der Waals surface area contributed by atoms with E-state index in [0.717, 1.165) is 31.5 Å². The summed E-state index contributed by atoms with van der Waals surface area (Å²) in [5.74, 6) is 2.37. The van der Waals surface area contributed by atoms with Crippen LogP contribution in [0, 0.1) is 11.8 Å². The van der Waals surface area contributed by atoms with Crippen LogP contribution in [-0.2, 0) is 13.1 Å². The smallest absolute Gasteiger partial charge is 0.191 e. The summed E-state index contributed by atoms with van der Waals surface area (Å²) in [5, 5.41) is 7.04. The van der Waals surface area contributed by atoms with Crippen LogP contribution >= 0.6 is 24.0 Å². The molecule has 0 spiro atoms. The molecule has 1 atom stereocenters. The molecule has 2 heterocycles. The summed E-state index contributed by atoms with van der Waals surface area (Å²) >= 11 is 0. The topological polar surface area (TPSA) is 42.9 Å². The van der Waals surface area contributed by atoms with Crippen molar-refractivity contribution >= 4 is 29.9 Å². The Kier molecular flexibility index (Phi) is 12.2. The van der Waals surface area contributed by atoms with Gasteiger partial charge in [-0.25, -0.2) is 0 Å². The second kappa shape index (κ2) is 14.3. The molecule has 0 saturated carbocycles. The Bertz CT molecular complexity index is 640. The van der Waals surface area contributed by atoms with Gasteiger partial charge in [0.25, 0.3) is 0 Å². The van der Waals surface area contributed by atoms with Crippen LogP contribution in [0.2, 0.25) is 0 Å². The fraction of sp³-hybridized carbons (Fsp3) is 0.720. The van der Waals surface area contributed by atoms with Crippen molar-refractivity contribution in [2.45, 2.75) is 59.0 Å². The van der Waals surface area contributed by atoms with Crippen molar-refractivity contribution in [3.8, 4) is 0 Å². The molecular formula is C25H44IN5. The van der Waals surface area contributed by atoms with Gasteiger partial charge < -0.3 is 15.5 Å². The van der Waals surface area contributed by atoms with Gasteiger partial charge in [0.05, 0.1) is 0 Å². The van der Waals surface area contributed by atoms with Crippen molar-refractivity contribution in [2.75, 3.05) is 46.3 Å². The summed E-state index contributed by atoms with van der Waals surface area (Å²) in [6, 6.07) is 9.08. The van der Waals surface area contributed by atoms with E-state index in [1.807, 2.05) is 7.05 Å². The predicted octanol–water partition coefficient (Wildman–Crippen LogP) is 4.32. The molecule has 1 unspecified atom stereocenters. The highest BCUT2D eigenvalue weighted by atomic mass is 127. The molecule has 5 nitrogen and oxygen atoms in total. The number of piperidine rings is 2. The zero-order valence-electron chi connectivity index (χ0n) is 19.9. The van der Waals surface area contributed by atoms with E-state index in [-0.39, 0.29) is 24.0 Å². The fourth-order valence-electron chi connectivity index (χ4n) is 4.79. The van der Waals surface area contributed by atoms with Crippen LogP contribution in [0.5, 0.6) is 0 Å². The van der Waals surface area contributed by atoms with E-state index in [2.05, 4.69) is 63.5 Å². The molecule has 1 aromatic carbocycles. The summed E-state index contributed by atoms with van der Waals surface area (Å²) in [6.07, 6.45) is 6.73. The molecule has 0 amide bonds. The number of benzene rings is 1. The van der Waals surface area contributed by atoms with E-state index < -0.39 is 0 Å². The number of likely N-dealkylation sites (tertiary alicyclic amines) is 2. The molecule has 0 aromatic heterocycles. The van der Waals surface area contributed by atoms with Crippen LogP contribution in [0.1, 0.15) is 57.1 Å². The van der Waals surface area contributed by atoms with Crippen molar-refractivity contribution in [2.24, 2.45) is 16.8 Å². The molecule has 2 N–H and O–H groups in total. The average Bonchev–Trinajstić information content (AvgIpc) is 2.75. The highest BCUT2D eigenvalue weighted by molar-refractivity contribution is 14.0. The lowest BCUT2D eigenvalue weighted by Gasteiger charge is -2.34. The molecule has 2 aliphatic rings. The molecule has 31 heavy (non-hydrogen) atoms. The maximum atomic E-state index is 4.42. The van der Waals surface area contributed by atoms with Crippen molar-refractivity contribution in [3.05, 3.63) is 35.4 Å². The Balaban J connectivity index is 0.00000341.